The Hall–Kier alpha value is -3.65. The lowest BCUT2D eigenvalue weighted by Gasteiger charge is -2.17. The summed E-state index contributed by atoms with van der Waals surface area (Å²) in [5.41, 5.74) is 1.03. The molecule has 0 N–H and O–H groups in total. The predicted octanol–water partition coefficient (Wildman–Crippen LogP) is 4.18. The molecule has 1 amide bonds. The average molecular weight is 512 g/mol. The molecule has 0 atom stereocenters. The molecule has 10 heteroatoms. The highest BCUT2D eigenvalue weighted by molar-refractivity contribution is 7.89. The minimum atomic E-state index is -3.79. The van der Waals surface area contributed by atoms with Gasteiger partial charge in [0.25, 0.3) is 5.91 Å². The van der Waals surface area contributed by atoms with Crippen molar-refractivity contribution in [2.75, 3.05) is 7.05 Å². The summed E-state index contributed by atoms with van der Waals surface area (Å²) >= 11 is 0.925. The molecule has 0 aliphatic heterocycles. The Morgan fingerprint density at radius 3 is 2.46 bits per heavy atom. The number of aromatic nitrogens is 1. The molecule has 1 heterocycles. The van der Waals surface area contributed by atoms with Crippen molar-refractivity contribution < 1.29 is 22.0 Å². The smallest absolute Gasteiger partial charge is 0.279 e. The van der Waals surface area contributed by atoms with Crippen molar-refractivity contribution in [3.63, 3.8) is 0 Å². The Labute approximate surface area is 204 Å². The monoisotopic (exact) mass is 511 g/mol. The standard InChI is InChI=1S/C25H19F2N3O3S2/c1-3-13-30-23-21(27)14-19(26)15-22(23)34-25(30)28-24(31)18-9-11-20(12-10-18)35(32,33)29(2)16-17-7-5-4-6-8-17/h1,4-12,14-15H,13,16H2,2H3. The van der Waals surface area contributed by atoms with E-state index < -0.39 is 27.6 Å². The highest BCUT2D eigenvalue weighted by atomic mass is 32.2. The summed E-state index contributed by atoms with van der Waals surface area (Å²) in [6.07, 6.45) is 5.38. The molecule has 0 aliphatic carbocycles. The summed E-state index contributed by atoms with van der Waals surface area (Å²) in [5.74, 6) is 0.136. The quantitative estimate of drug-likeness (QED) is 0.365. The van der Waals surface area contributed by atoms with E-state index in [9.17, 15) is 22.0 Å². The number of carbonyl (C=O) groups excluding carboxylic acids is 1. The van der Waals surface area contributed by atoms with Crippen LogP contribution in [0.15, 0.2) is 76.6 Å². The lowest BCUT2D eigenvalue weighted by molar-refractivity contribution is 0.0997. The fourth-order valence-electron chi connectivity index (χ4n) is 3.48. The van der Waals surface area contributed by atoms with E-state index in [2.05, 4.69) is 10.9 Å². The van der Waals surface area contributed by atoms with Crippen LogP contribution in [-0.2, 0) is 23.1 Å². The number of hydrogen-bond donors (Lipinski definition) is 0. The average Bonchev–Trinajstić information content (AvgIpc) is 3.16. The van der Waals surface area contributed by atoms with Crippen molar-refractivity contribution in [3.05, 3.63) is 94.3 Å². The van der Waals surface area contributed by atoms with Crippen LogP contribution in [0.4, 0.5) is 8.78 Å². The molecule has 4 aromatic rings. The molecule has 35 heavy (non-hydrogen) atoms. The zero-order valence-corrected chi connectivity index (χ0v) is 20.1. The second-order valence-corrected chi connectivity index (χ2v) is 10.7. The summed E-state index contributed by atoms with van der Waals surface area (Å²) in [6, 6.07) is 16.4. The molecule has 6 nitrogen and oxygen atoms in total. The van der Waals surface area contributed by atoms with Gasteiger partial charge in [-0.1, -0.05) is 47.6 Å². The van der Waals surface area contributed by atoms with Crippen molar-refractivity contribution in [3.8, 4) is 12.3 Å². The Morgan fingerprint density at radius 2 is 1.80 bits per heavy atom. The molecule has 1 aromatic heterocycles. The molecule has 0 unspecified atom stereocenters. The van der Waals surface area contributed by atoms with Crippen LogP contribution in [0.5, 0.6) is 0 Å². The number of sulfonamides is 1. The normalized spacial score (nSPS) is 12.3. The molecule has 0 saturated carbocycles. The van der Waals surface area contributed by atoms with Crippen molar-refractivity contribution in [1.82, 2.24) is 8.87 Å². The number of rotatable bonds is 6. The highest BCUT2D eigenvalue weighted by Crippen LogP contribution is 2.23. The van der Waals surface area contributed by atoms with Gasteiger partial charge >= 0.3 is 0 Å². The third-order valence-corrected chi connectivity index (χ3v) is 8.04. The lowest BCUT2D eigenvalue weighted by Crippen LogP contribution is -2.26. The van der Waals surface area contributed by atoms with Crippen LogP contribution in [0.25, 0.3) is 10.2 Å². The molecular weight excluding hydrogens is 492 g/mol. The van der Waals surface area contributed by atoms with Crippen LogP contribution in [0.2, 0.25) is 0 Å². The largest absolute Gasteiger partial charge is 0.302 e. The number of amides is 1. The summed E-state index contributed by atoms with van der Waals surface area (Å²) in [6.45, 7) is 0.122. The van der Waals surface area contributed by atoms with E-state index in [1.165, 1.54) is 40.2 Å². The van der Waals surface area contributed by atoms with Gasteiger partial charge in [-0.05, 0) is 35.9 Å². The summed E-state index contributed by atoms with van der Waals surface area (Å²) < 4.78 is 56.6. The Morgan fingerprint density at radius 1 is 1.11 bits per heavy atom. The first-order valence-electron chi connectivity index (χ1n) is 10.3. The second-order valence-electron chi connectivity index (χ2n) is 7.60. The number of terminal acetylenes is 1. The van der Waals surface area contributed by atoms with Crippen molar-refractivity contribution in [1.29, 1.82) is 0 Å². The zero-order chi connectivity index (χ0) is 25.2. The summed E-state index contributed by atoms with van der Waals surface area (Å²) in [7, 11) is -2.31. The third kappa shape index (κ3) is 5.07. The number of fused-ring (bicyclic) bond motifs is 1. The van der Waals surface area contributed by atoms with Crippen molar-refractivity contribution in [2.45, 2.75) is 18.0 Å². The van der Waals surface area contributed by atoms with E-state index in [0.29, 0.717) is 0 Å². The topological polar surface area (TPSA) is 71.7 Å². The van der Waals surface area contributed by atoms with Gasteiger partial charge in [-0.3, -0.25) is 4.79 Å². The molecule has 178 valence electrons. The number of thiazole rings is 1. The van der Waals surface area contributed by atoms with Crippen LogP contribution in [0.1, 0.15) is 15.9 Å². The van der Waals surface area contributed by atoms with Gasteiger partial charge in [0.2, 0.25) is 10.0 Å². The minimum Gasteiger partial charge on any atom is -0.302 e. The van der Waals surface area contributed by atoms with E-state index in [0.717, 1.165) is 29.0 Å². The zero-order valence-electron chi connectivity index (χ0n) is 18.5. The lowest BCUT2D eigenvalue weighted by atomic mass is 10.2. The van der Waals surface area contributed by atoms with E-state index >= 15 is 0 Å². The van der Waals surface area contributed by atoms with E-state index in [1.807, 2.05) is 30.3 Å². The number of hydrogen-bond acceptors (Lipinski definition) is 4. The minimum absolute atomic E-state index is 0.0225. The maximum Gasteiger partial charge on any atom is 0.279 e. The maximum absolute atomic E-state index is 14.4. The molecule has 0 bridgehead atoms. The highest BCUT2D eigenvalue weighted by Gasteiger charge is 2.21. The summed E-state index contributed by atoms with van der Waals surface area (Å²) in [5, 5.41) is 0. The predicted molar refractivity (Wildman–Crippen MR) is 130 cm³/mol. The van der Waals surface area contributed by atoms with Gasteiger partial charge in [-0.25, -0.2) is 17.2 Å². The van der Waals surface area contributed by atoms with Crippen LogP contribution in [0.3, 0.4) is 0 Å². The van der Waals surface area contributed by atoms with Gasteiger partial charge in [0, 0.05) is 25.2 Å². The molecular formula is C25H19F2N3O3S2. The molecule has 0 saturated heterocycles. The van der Waals surface area contributed by atoms with Crippen molar-refractivity contribution >= 4 is 37.5 Å². The number of nitrogens with zero attached hydrogens (tertiary/aromatic N) is 3. The first-order valence-corrected chi connectivity index (χ1v) is 12.6. The Bertz CT molecular complexity index is 1620. The third-order valence-electron chi connectivity index (χ3n) is 5.20. The van der Waals surface area contributed by atoms with E-state index in [-0.39, 0.29) is 38.6 Å². The Kier molecular flexibility index (Phi) is 6.93. The van der Waals surface area contributed by atoms with Crippen LogP contribution < -0.4 is 4.80 Å². The van der Waals surface area contributed by atoms with Crippen LogP contribution in [0, 0.1) is 24.0 Å². The number of benzene rings is 3. The molecule has 0 aliphatic rings. The van der Waals surface area contributed by atoms with Crippen LogP contribution in [-0.4, -0.2) is 30.2 Å². The second kappa shape index (κ2) is 9.92. The SMILES string of the molecule is C#CCn1c(=NC(=O)c2ccc(S(=O)(=O)N(C)Cc3ccccc3)cc2)sc2cc(F)cc(F)c21. The Balaban J connectivity index is 1.63. The number of halogens is 2. The van der Waals surface area contributed by atoms with E-state index in [1.54, 1.807) is 0 Å². The maximum atomic E-state index is 14.4. The number of carbonyl (C=O) groups is 1. The molecule has 3 aromatic carbocycles. The fourth-order valence-corrected chi connectivity index (χ4v) is 5.70. The van der Waals surface area contributed by atoms with E-state index in [4.69, 9.17) is 6.42 Å². The van der Waals surface area contributed by atoms with Gasteiger partial charge in [0.15, 0.2) is 10.6 Å². The van der Waals surface area contributed by atoms with Crippen LogP contribution >= 0.6 is 11.3 Å². The van der Waals surface area contributed by atoms with Gasteiger partial charge in [0.05, 0.1) is 21.7 Å². The van der Waals surface area contributed by atoms with Gasteiger partial charge in [0.1, 0.15) is 5.82 Å². The molecule has 0 radical (unpaired) electrons. The first-order chi connectivity index (χ1) is 16.7. The van der Waals surface area contributed by atoms with Gasteiger partial charge in [-0.2, -0.15) is 9.30 Å². The summed E-state index contributed by atoms with van der Waals surface area (Å²) in [4.78, 5) is 16.9. The fraction of sp³-hybridized carbons (Fsp3) is 0.120. The molecule has 0 spiro atoms. The van der Waals surface area contributed by atoms with Gasteiger partial charge in [-0.15, -0.1) is 6.42 Å². The first kappa shape index (κ1) is 24.5. The molecule has 4 rings (SSSR count). The molecule has 0 fully saturated rings. The van der Waals surface area contributed by atoms with Crippen molar-refractivity contribution in [2.24, 2.45) is 4.99 Å². The van der Waals surface area contributed by atoms with Gasteiger partial charge < -0.3 is 4.57 Å².